The Morgan fingerprint density at radius 2 is 1.77 bits per heavy atom. The van der Waals surface area contributed by atoms with Gasteiger partial charge in [0, 0.05) is 26.2 Å². The molecule has 0 bridgehead atoms. The Labute approximate surface area is 226 Å². The first kappa shape index (κ1) is 26.1. The number of aromatic nitrogens is 4. The van der Waals surface area contributed by atoms with Crippen LogP contribution in [0.1, 0.15) is 5.56 Å². The van der Waals surface area contributed by atoms with Crippen LogP contribution in [0.5, 0.6) is 23.0 Å². The fourth-order valence-corrected chi connectivity index (χ4v) is 4.92. The fraction of sp³-hybridized carbons (Fsp3) is 0.269. The molecule has 1 aliphatic heterocycles. The van der Waals surface area contributed by atoms with Crippen molar-refractivity contribution < 1.29 is 23.7 Å². The van der Waals surface area contributed by atoms with Crippen LogP contribution in [0.4, 0.5) is 0 Å². The fourth-order valence-electron chi connectivity index (χ4n) is 4.07. The van der Waals surface area contributed by atoms with Gasteiger partial charge in [-0.15, -0.1) is 0 Å². The molecule has 0 fully saturated rings. The van der Waals surface area contributed by atoms with E-state index in [0.717, 1.165) is 21.9 Å². The monoisotopic (exact) mass is 551 g/mol. The first-order valence-corrected chi connectivity index (χ1v) is 12.8. The second-order valence-electron chi connectivity index (χ2n) is 8.58. The lowest BCUT2D eigenvalue weighted by atomic mass is 10.2. The van der Waals surface area contributed by atoms with E-state index >= 15 is 0 Å². The number of benzene rings is 2. The molecule has 12 nitrogen and oxygen atoms in total. The quantitative estimate of drug-likeness (QED) is 0.255. The number of fused-ring (bicyclic) bond motifs is 2. The molecule has 1 N–H and O–H groups in total. The summed E-state index contributed by atoms with van der Waals surface area (Å²) in [5.41, 5.74) is 0.518. The number of carbonyl (C=O) groups is 1. The summed E-state index contributed by atoms with van der Waals surface area (Å²) >= 11 is 1.08. The molecule has 0 saturated carbocycles. The largest absolute Gasteiger partial charge is 0.493 e. The molecule has 4 aromatic rings. The van der Waals surface area contributed by atoms with Crippen LogP contribution < -0.4 is 35.5 Å². The Morgan fingerprint density at radius 1 is 1.00 bits per heavy atom. The third-order valence-electron chi connectivity index (χ3n) is 6.18. The summed E-state index contributed by atoms with van der Waals surface area (Å²) in [5.74, 6) is 2.26. The number of aryl methyl sites for hydroxylation is 1. The van der Waals surface area contributed by atoms with Gasteiger partial charge in [0.15, 0.2) is 34.5 Å². The molecular formula is C26H25N5O7S. The molecule has 3 heterocycles. The van der Waals surface area contributed by atoms with Crippen molar-refractivity contribution in [2.24, 2.45) is 14.1 Å². The Hall–Kier alpha value is -4.52. The van der Waals surface area contributed by atoms with Gasteiger partial charge in [-0.05, 0) is 35.9 Å². The van der Waals surface area contributed by atoms with Gasteiger partial charge in [0.25, 0.3) is 5.56 Å². The van der Waals surface area contributed by atoms with Gasteiger partial charge in [0.05, 0.1) is 20.0 Å². The summed E-state index contributed by atoms with van der Waals surface area (Å²) in [4.78, 5) is 47.6. The second kappa shape index (κ2) is 10.7. The van der Waals surface area contributed by atoms with Gasteiger partial charge < -0.3 is 24.3 Å². The van der Waals surface area contributed by atoms with Crippen LogP contribution >= 0.6 is 11.8 Å². The van der Waals surface area contributed by atoms with E-state index in [0.29, 0.717) is 28.6 Å². The van der Waals surface area contributed by atoms with Crippen molar-refractivity contribution in [1.82, 2.24) is 24.4 Å². The van der Waals surface area contributed by atoms with Crippen LogP contribution in [0.2, 0.25) is 0 Å². The predicted molar refractivity (Wildman–Crippen MR) is 144 cm³/mol. The predicted octanol–water partition coefficient (Wildman–Crippen LogP) is 1.85. The molecule has 2 aromatic carbocycles. The number of hydrogen-bond acceptors (Lipinski definition) is 10. The number of rotatable bonds is 8. The normalized spacial score (nSPS) is 12.0. The maximum Gasteiger partial charge on any atom is 0.332 e. The number of nitrogens with one attached hydrogen (secondary N) is 1. The van der Waals surface area contributed by atoms with Crippen LogP contribution in [0.25, 0.3) is 22.4 Å². The lowest BCUT2D eigenvalue weighted by molar-refractivity contribution is -0.118. The van der Waals surface area contributed by atoms with Crippen molar-refractivity contribution in [3.05, 3.63) is 62.8 Å². The number of carbonyl (C=O) groups excluding carboxylic acids is 1. The van der Waals surface area contributed by atoms with E-state index in [9.17, 15) is 14.4 Å². The minimum Gasteiger partial charge on any atom is -0.493 e. The minimum atomic E-state index is -0.546. The van der Waals surface area contributed by atoms with E-state index in [1.807, 2.05) is 12.1 Å². The Kier molecular flexibility index (Phi) is 7.15. The van der Waals surface area contributed by atoms with Crippen LogP contribution in [0.3, 0.4) is 0 Å². The molecule has 39 heavy (non-hydrogen) atoms. The summed E-state index contributed by atoms with van der Waals surface area (Å²) in [5, 5.41) is 3.29. The smallest absolute Gasteiger partial charge is 0.332 e. The molecule has 5 rings (SSSR count). The van der Waals surface area contributed by atoms with Gasteiger partial charge >= 0.3 is 5.69 Å². The standard InChI is InChI=1S/C26H25N5O7S/c1-30-23-21(25(33)31(2)26(30)34)24(29-22(28-23)15-6-8-16(35-3)18(10-15)36-4)39-12-20(32)27-11-14-5-7-17-19(9-14)38-13-37-17/h5-10H,11-13H2,1-4H3,(H,27,32). The maximum absolute atomic E-state index is 13.1. The zero-order chi connectivity index (χ0) is 27.7. The Bertz CT molecular complexity index is 1720. The second-order valence-corrected chi connectivity index (χ2v) is 9.54. The van der Waals surface area contributed by atoms with Crippen LogP contribution in [-0.4, -0.2) is 51.8 Å². The average Bonchev–Trinajstić information content (AvgIpc) is 3.44. The van der Waals surface area contributed by atoms with Crippen molar-refractivity contribution in [2.75, 3.05) is 26.8 Å². The highest BCUT2D eigenvalue weighted by atomic mass is 32.2. The Morgan fingerprint density at radius 3 is 2.54 bits per heavy atom. The number of ether oxygens (including phenoxy) is 4. The minimum absolute atomic E-state index is 0.0198. The van der Waals surface area contributed by atoms with Gasteiger partial charge in [-0.3, -0.25) is 18.7 Å². The van der Waals surface area contributed by atoms with Gasteiger partial charge in [0.1, 0.15) is 10.4 Å². The van der Waals surface area contributed by atoms with Crippen molar-refractivity contribution in [2.45, 2.75) is 11.6 Å². The number of thioether (sulfide) groups is 1. The summed E-state index contributed by atoms with van der Waals surface area (Å²) in [6.45, 7) is 0.457. The van der Waals surface area contributed by atoms with E-state index in [2.05, 4.69) is 15.3 Å². The molecule has 1 amide bonds. The summed E-state index contributed by atoms with van der Waals surface area (Å²) in [6.07, 6.45) is 0. The molecule has 13 heteroatoms. The van der Waals surface area contributed by atoms with Crippen molar-refractivity contribution in [1.29, 1.82) is 0 Å². The first-order chi connectivity index (χ1) is 18.8. The maximum atomic E-state index is 13.1. The van der Waals surface area contributed by atoms with Gasteiger partial charge in [-0.1, -0.05) is 17.8 Å². The first-order valence-electron chi connectivity index (χ1n) is 11.8. The third-order valence-corrected chi connectivity index (χ3v) is 7.15. The average molecular weight is 552 g/mol. The van der Waals surface area contributed by atoms with Crippen LogP contribution in [-0.2, 0) is 25.4 Å². The van der Waals surface area contributed by atoms with Gasteiger partial charge in [-0.2, -0.15) is 0 Å². The van der Waals surface area contributed by atoms with E-state index < -0.39 is 11.2 Å². The van der Waals surface area contributed by atoms with Crippen LogP contribution in [0.15, 0.2) is 51.0 Å². The molecule has 202 valence electrons. The SMILES string of the molecule is COc1ccc(-c2nc(SCC(=O)NCc3ccc4c(c3)OCO4)c3c(=O)n(C)c(=O)n(C)c3n2)cc1OC. The highest BCUT2D eigenvalue weighted by Gasteiger charge is 2.20. The van der Waals surface area contributed by atoms with Crippen molar-refractivity contribution in [3.8, 4) is 34.4 Å². The highest BCUT2D eigenvalue weighted by molar-refractivity contribution is 8.00. The van der Waals surface area contributed by atoms with Crippen molar-refractivity contribution >= 4 is 28.7 Å². The number of methoxy groups -OCH3 is 2. The molecule has 0 aliphatic carbocycles. The molecule has 0 radical (unpaired) electrons. The zero-order valence-corrected chi connectivity index (χ0v) is 22.5. The summed E-state index contributed by atoms with van der Waals surface area (Å²) in [7, 11) is 5.96. The van der Waals surface area contributed by atoms with Gasteiger partial charge in [0.2, 0.25) is 12.7 Å². The number of nitrogens with zero attached hydrogens (tertiary/aromatic N) is 4. The zero-order valence-electron chi connectivity index (χ0n) is 21.6. The van der Waals surface area contributed by atoms with Crippen LogP contribution in [0, 0.1) is 0 Å². The molecule has 0 unspecified atom stereocenters. The lowest BCUT2D eigenvalue weighted by Gasteiger charge is -2.13. The van der Waals surface area contributed by atoms with E-state index in [4.69, 9.17) is 18.9 Å². The van der Waals surface area contributed by atoms with Gasteiger partial charge in [-0.25, -0.2) is 14.8 Å². The van der Waals surface area contributed by atoms with E-state index in [-0.39, 0.29) is 46.9 Å². The summed E-state index contributed by atoms with van der Waals surface area (Å²) < 4.78 is 23.7. The molecule has 0 atom stereocenters. The molecule has 1 aliphatic rings. The lowest BCUT2D eigenvalue weighted by Crippen LogP contribution is -2.37. The molecule has 2 aromatic heterocycles. The summed E-state index contributed by atoms with van der Waals surface area (Å²) in [6, 6.07) is 10.6. The molecule has 0 spiro atoms. The number of amides is 1. The highest BCUT2D eigenvalue weighted by Crippen LogP contribution is 2.34. The van der Waals surface area contributed by atoms with E-state index in [1.54, 1.807) is 24.3 Å². The van der Waals surface area contributed by atoms with E-state index in [1.165, 1.54) is 32.9 Å². The third kappa shape index (κ3) is 5.00. The number of hydrogen-bond donors (Lipinski definition) is 1. The topological polar surface area (TPSA) is 136 Å². The Balaban J connectivity index is 1.46. The molecule has 0 saturated heterocycles. The molecular weight excluding hydrogens is 526 g/mol. The van der Waals surface area contributed by atoms with Crippen molar-refractivity contribution in [3.63, 3.8) is 0 Å².